The number of carbonyl (C=O) groups is 1. The van der Waals surface area contributed by atoms with Crippen molar-refractivity contribution in [1.82, 2.24) is 10.6 Å². The second kappa shape index (κ2) is 10.5. The minimum Gasteiger partial charge on any atom is -0.493 e. The van der Waals surface area contributed by atoms with Gasteiger partial charge in [0.15, 0.2) is 18.1 Å². The first-order chi connectivity index (χ1) is 11.9. The molecule has 1 amide bonds. The summed E-state index contributed by atoms with van der Waals surface area (Å²) in [6, 6.07) is 4.89. The molecule has 1 aliphatic heterocycles. The molecule has 1 fully saturated rings. The number of halogens is 4. The number of hydrogen-bond acceptors (Lipinski definition) is 4. The van der Waals surface area contributed by atoms with Crippen molar-refractivity contribution in [3.8, 4) is 11.5 Å². The van der Waals surface area contributed by atoms with E-state index in [0.29, 0.717) is 12.8 Å². The summed E-state index contributed by atoms with van der Waals surface area (Å²) in [5, 5.41) is 6.24. The van der Waals surface area contributed by atoms with E-state index in [1.54, 1.807) is 12.1 Å². The molecule has 1 saturated heterocycles. The highest BCUT2D eigenvalue weighted by atomic mass is 35.5. The molecule has 0 saturated carbocycles. The predicted octanol–water partition coefficient (Wildman–Crippen LogP) is 2.86. The summed E-state index contributed by atoms with van der Waals surface area (Å²) in [4.78, 5) is 12.0. The van der Waals surface area contributed by atoms with Crippen molar-refractivity contribution in [2.75, 3.05) is 26.8 Å². The Morgan fingerprint density at radius 2 is 1.96 bits per heavy atom. The van der Waals surface area contributed by atoms with Crippen molar-refractivity contribution >= 4 is 18.3 Å². The average molecular weight is 397 g/mol. The third kappa shape index (κ3) is 7.70. The van der Waals surface area contributed by atoms with Crippen molar-refractivity contribution in [2.45, 2.75) is 37.9 Å². The van der Waals surface area contributed by atoms with Gasteiger partial charge in [-0.15, -0.1) is 12.4 Å². The number of benzene rings is 1. The Hall–Kier alpha value is -1.67. The Morgan fingerprint density at radius 1 is 1.27 bits per heavy atom. The van der Waals surface area contributed by atoms with Crippen LogP contribution in [-0.2, 0) is 11.2 Å². The number of rotatable bonds is 7. The molecule has 26 heavy (non-hydrogen) atoms. The van der Waals surface area contributed by atoms with Crippen LogP contribution in [0.4, 0.5) is 13.2 Å². The summed E-state index contributed by atoms with van der Waals surface area (Å²) >= 11 is 0. The lowest BCUT2D eigenvalue weighted by Crippen LogP contribution is -2.42. The largest absolute Gasteiger partial charge is 0.493 e. The van der Waals surface area contributed by atoms with Crippen LogP contribution in [0, 0.1) is 0 Å². The summed E-state index contributed by atoms with van der Waals surface area (Å²) in [6.07, 6.45) is -1.77. The fraction of sp³-hybridized carbons (Fsp3) is 0.588. The molecule has 0 aromatic heterocycles. The Labute approximate surface area is 157 Å². The number of amides is 1. The fourth-order valence-corrected chi connectivity index (χ4v) is 2.67. The molecule has 0 atom stereocenters. The zero-order chi connectivity index (χ0) is 18.3. The number of ether oxygens (including phenoxy) is 2. The SMILES string of the molecule is COc1cc(CCC(=O)NC2CCNCC2)ccc1OCC(F)(F)F.Cl. The van der Waals surface area contributed by atoms with E-state index in [1.165, 1.54) is 13.2 Å². The second-order valence-electron chi connectivity index (χ2n) is 5.98. The van der Waals surface area contributed by atoms with Gasteiger partial charge in [0.1, 0.15) is 0 Å². The van der Waals surface area contributed by atoms with E-state index in [4.69, 9.17) is 9.47 Å². The highest BCUT2D eigenvalue weighted by molar-refractivity contribution is 5.85. The number of carbonyl (C=O) groups excluding carboxylic acids is 1. The Bertz CT molecular complexity index is 579. The van der Waals surface area contributed by atoms with Crippen LogP contribution in [0.5, 0.6) is 11.5 Å². The second-order valence-corrected chi connectivity index (χ2v) is 5.98. The molecule has 0 aliphatic carbocycles. The van der Waals surface area contributed by atoms with Crippen LogP contribution in [0.15, 0.2) is 18.2 Å². The topological polar surface area (TPSA) is 59.6 Å². The van der Waals surface area contributed by atoms with Gasteiger partial charge in [-0.3, -0.25) is 4.79 Å². The lowest BCUT2D eigenvalue weighted by molar-refractivity contribution is -0.153. The van der Waals surface area contributed by atoms with Gasteiger partial charge in [0.05, 0.1) is 7.11 Å². The fourth-order valence-electron chi connectivity index (χ4n) is 2.67. The molecule has 5 nitrogen and oxygen atoms in total. The average Bonchev–Trinajstić information content (AvgIpc) is 2.58. The molecule has 1 aliphatic rings. The van der Waals surface area contributed by atoms with E-state index in [0.717, 1.165) is 31.5 Å². The number of piperidine rings is 1. The van der Waals surface area contributed by atoms with E-state index < -0.39 is 12.8 Å². The normalized spacial score (nSPS) is 15.1. The summed E-state index contributed by atoms with van der Waals surface area (Å²) in [5.74, 6) is 0.228. The van der Waals surface area contributed by atoms with Gasteiger partial charge in [-0.1, -0.05) is 6.07 Å². The summed E-state index contributed by atoms with van der Waals surface area (Å²) in [5.41, 5.74) is 0.802. The Morgan fingerprint density at radius 3 is 2.58 bits per heavy atom. The first-order valence-electron chi connectivity index (χ1n) is 8.24. The predicted molar refractivity (Wildman–Crippen MR) is 94.1 cm³/mol. The lowest BCUT2D eigenvalue weighted by atomic mass is 10.1. The van der Waals surface area contributed by atoms with Gasteiger partial charge < -0.3 is 20.1 Å². The number of hydrogen-bond donors (Lipinski definition) is 2. The standard InChI is InChI=1S/C17H23F3N2O3.ClH/c1-24-15-10-12(2-4-14(15)25-11-17(18,19)20)3-5-16(23)22-13-6-8-21-9-7-13;/h2,4,10,13,21H,3,5-9,11H2,1H3,(H,22,23);1H. The molecular weight excluding hydrogens is 373 g/mol. The van der Waals surface area contributed by atoms with Crippen molar-refractivity contribution in [3.05, 3.63) is 23.8 Å². The zero-order valence-corrected chi connectivity index (χ0v) is 15.3. The lowest BCUT2D eigenvalue weighted by Gasteiger charge is -2.23. The van der Waals surface area contributed by atoms with Gasteiger partial charge in [0.25, 0.3) is 0 Å². The monoisotopic (exact) mass is 396 g/mol. The van der Waals surface area contributed by atoms with E-state index in [9.17, 15) is 18.0 Å². The molecule has 0 unspecified atom stereocenters. The van der Waals surface area contributed by atoms with E-state index in [2.05, 4.69) is 10.6 Å². The maximum atomic E-state index is 12.2. The van der Waals surface area contributed by atoms with Gasteiger partial charge in [-0.2, -0.15) is 13.2 Å². The molecule has 0 spiro atoms. The van der Waals surface area contributed by atoms with Gasteiger partial charge in [-0.25, -0.2) is 0 Å². The smallest absolute Gasteiger partial charge is 0.422 e. The first kappa shape index (κ1) is 22.4. The molecule has 1 heterocycles. The van der Waals surface area contributed by atoms with Crippen molar-refractivity contribution in [2.24, 2.45) is 0 Å². The molecule has 0 radical (unpaired) electrons. The zero-order valence-electron chi connectivity index (χ0n) is 14.5. The Balaban J connectivity index is 0.00000338. The number of aryl methyl sites for hydroxylation is 1. The molecular formula is C17H24ClF3N2O3. The summed E-state index contributed by atoms with van der Waals surface area (Å²) in [7, 11) is 1.36. The highest BCUT2D eigenvalue weighted by Gasteiger charge is 2.29. The highest BCUT2D eigenvalue weighted by Crippen LogP contribution is 2.30. The minimum atomic E-state index is -4.41. The minimum absolute atomic E-state index is 0. The summed E-state index contributed by atoms with van der Waals surface area (Å²) < 4.78 is 46.6. The molecule has 1 aromatic carbocycles. The van der Waals surface area contributed by atoms with Crippen molar-refractivity contribution in [3.63, 3.8) is 0 Å². The maximum Gasteiger partial charge on any atom is 0.422 e. The van der Waals surface area contributed by atoms with Gasteiger partial charge in [0.2, 0.25) is 5.91 Å². The van der Waals surface area contributed by atoms with E-state index in [1.807, 2.05) is 0 Å². The van der Waals surface area contributed by atoms with Gasteiger partial charge in [-0.05, 0) is 50.0 Å². The van der Waals surface area contributed by atoms with Crippen LogP contribution in [0.2, 0.25) is 0 Å². The quantitative estimate of drug-likeness (QED) is 0.744. The molecule has 1 aromatic rings. The number of methoxy groups -OCH3 is 1. The van der Waals surface area contributed by atoms with Crippen molar-refractivity contribution in [1.29, 1.82) is 0 Å². The molecule has 0 bridgehead atoms. The molecule has 9 heteroatoms. The van der Waals surface area contributed by atoms with E-state index >= 15 is 0 Å². The van der Waals surface area contributed by atoms with Crippen LogP contribution in [0.25, 0.3) is 0 Å². The van der Waals surface area contributed by atoms with E-state index in [-0.39, 0.29) is 35.9 Å². The molecule has 148 valence electrons. The summed E-state index contributed by atoms with van der Waals surface area (Å²) in [6.45, 7) is 0.435. The third-order valence-corrected chi connectivity index (χ3v) is 3.96. The number of alkyl halides is 3. The van der Waals surface area contributed by atoms with Crippen LogP contribution in [0.3, 0.4) is 0 Å². The van der Waals surface area contributed by atoms with Gasteiger partial charge in [0, 0.05) is 12.5 Å². The van der Waals surface area contributed by atoms with Crippen LogP contribution >= 0.6 is 12.4 Å². The van der Waals surface area contributed by atoms with Crippen LogP contribution in [-0.4, -0.2) is 44.9 Å². The third-order valence-electron chi connectivity index (χ3n) is 3.96. The first-order valence-corrected chi connectivity index (χ1v) is 8.24. The van der Waals surface area contributed by atoms with Crippen molar-refractivity contribution < 1.29 is 27.4 Å². The van der Waals surface area contributed by atoms with Crippen LogP contribution in [0.1, 0.15) is 24.8 Å². The molecule has 2 N–H and O–H groups in total. The molecule has 2 rings (SSSR count). The Kier molecular flexibility index (Phi) is 9.01. The van der Waals surface area contributed by atoms with Crippen LogP contribution < -0.4 is 20.1 Å². The maximum absolute atomic E-state index is 12.2. The van der Waals surface area contributed by atoms with Gasteiger partial charge >= 0.3 is 6.18 Å². The number of nitrogens with one attached hydrogen (secondary N) is 2.